The van der Waals surface area contributed by atoms with E-state index in [0.717, 1.165) is 74.1 Å². The smallest absolute Gasteiger partial charge is 0.231 e. The van der Waals surface area contributed by atoms with Gasteiger partial charge >= 0.3 is 0 Å². The quantitative estimate of drug-likeness (QED) is 0.0617. The van der Waals surface area contributed by atoms with Crippen LogP contribution in [0.5, 0.6) is 5.75 Å². The number of aliphatic hydroxyl groups excluding tert-OH is 1. The molecule has 2 saturated heterocycles. The lowest BCUT2D eigenvalue weighted by atomic mass is 9.70. The summed E-state index contributed by atoms with van der Waals surface area (Å²) in [6, 6.07) is 9.67. The third kappa shape index (κ3) is 7.63. The van der Waals surface area contributed by atoms with E-state index in [-0.39, 0.29) is 12.1 Å². The number of methoxy groups -OCH3 is 1. The summed E-state index contributed by atoms with van der Waals surface area (Å²) in [4.78, 5) is 26.7. The summed E-state index contributed by atoms with van der Waals surface area (Å²) in [5, 5.41) is 29.6. The first-order valence-corrected chi connectivity index (χ1v) is 21.4. The van der Waals surface area contributed by atoms with Gasteiger partial charge in [-0.05, 0) is 95.6 Å². The molecule has 290 valence electrons. The maximum atomic E-state index is 13.7. The molecule has 5 aromatic rings. The van der Waals surface area contributed by atoms with Crippen LogP contribution >= 0.6 is 7.14 Å². The molecule has 2 fully saturated rings. The second-order valence-corrected chi connectivity index (χ2v) is 18.8. The van der Waals surface area contributed by atoms with Crippen molar-refractivity contribution in [1.29, 1.82) is 5.41 Å². The Hall–Kier alpha value is -5.04. The minimum atomic E-state index is -2.81. The highest BCUT2D eigenvalue weighted by molar-refractivity contribution is 7.71. The number of piperidine rings is 2. The molecule has 1 spiro atoms. The lowest BCUT2D eigenvalue weighted by Crippen LogP contribution is -2.54. The van der Waals surface area contributed by atoms with Gasteiger partial charge in [0, 0.05) is 79.6 Å². The van der Waals surface area contributed by atoms with Crippen molar-refractivity contribution in [1.82, 2.24) is 35.1 Å². The Morgan fingerprint density at radius 1 is 1.04 bits per heavy atom. The molecule has 7 rings (SSSR count). The Morgan fingerprint density at radius 2 is 1.76 bits per heavy atom. The molecule has 0 unspecified atom stereocenters. The molecule has 14 nitrogen and oxygen atoms in total. The number of nitrogens with zero attached hydrogens (tertiary/aromatic N) is 6. The normalized spacial score (nSPS) is 16.8. The molecule has 3 aromatic heterocycles. The third-order valence-corrected chi connectivity index (χ3v) is 12.9. The van der Waals surface area contributed by atoms with Crippen LogP contribution in [-0.4, -0.2) is 107 Å². The maximum absolute atomic E-state index is 13.7. The van der Waals surface area contributed by atoms with E-state index in [0.29, 0.717) is 56.3 Å². The fraction of sp³-hybridized carbons (Fsp3) is 0.425. The van der Waals surface area contributed by atoms with Gasteiger partial charge in [0.15, 0.2) is 0 Å². The summed E-state index contributed by atoms with van der Waals surface area (Å²) in [6.45, 7) is 11.6. The highest BCUT2D eigenvalue weighted by atomic mass is 31.2. The minimum Gasteiger partial charge on any atom is -0.494 e. The first kappa shape index (κ1) is 38.2. The fourth-order valence-corrected chi connectivity index (χ4v) is 9.49. The zero-order valence-corrected chi connectivity index (χ0v) is 33.4. The van der Waals surface area contributed by atoms with Crippen LogP contribution in [0.25, 0.3) is 27.6 Å². The molecule has 6 N–H and O–H groups in total. The van der Waals surface area contributed by atoms with Crippen LogP contribution in [0, 0.1) is 10.8 Å². The van der Waals surface area contributed by atoms with E-state index in [1.54, 1.807) is 39.0 Å². The Labute approximate surface area is 322 Å². The number of rotatable bonds is 12. The van der Waals surface area contributed by atoms with E-state index in [1.807, 2.05) is 43.6 Å². The lowest BCUT2D eigenvalue weighted by Gasteiger charge is -2.50. The van der Waals surface area contributed by atoms with Crippen LogP contribution in [-0.2, 0) is 4.57 Å². The molecule has 0 bridgehead atoms. The molecular formula is C40H52N11O3P. The molecule has 2 aromatic carbocycles. The van der Waals surface area contributed by atoms with Crippen molar-refractivity contribution < 1.29 is 14.4 Å². The van der Waals surface area contributed by atoms with Crippen LogP contribution in [0.3, 0.4) is 0 Å². The molecule has 0 amide bonds. The molecule has 15 heteroatoms. The highest BCUT2D eigenvalue weighted by Crippen LogP contribution is 2.46. The van der Waals surface area contributed by atoms with Crippen molar-refractivity contribution in [2.75, 3.05) is 75.8 Å². The Balaban J connectivity index is 1.21. The molecule has 5 heterocycles. The number of anilines is 5. The summed E-state index contributed by atoms with van der Waals surface area (Å²) in [5.41, 5.74) is 5.83. The summed E-state index contributed by atoms with van der Waals surface area (Å²) >= 11 is 0. The van der Waals surface area contributed by atoms with Gasteiger partial charge in [0.25, 0.3) is 0 Å². The first-order chi connectivity index (χ1) is 26.4. The van der Waals surface area contributed by atoms with E-state index < -0.39 is 7.14 Å². The number of hydrogen-bond acceptors (Lipinski definition) is 13. The fourth-order valence-electron chi connectivity index (χ4n) is 8.10. The van der Waals surface area contributed by atoms with Gasteiger partial charge in [0.2, 0.25) is 5.95 Å². The molecule has 0 saturated carbocycles. The van der Waals surface area contributed by atoms with Gasteiger partial charge in [-0.2, -0.15) is 9.97 Å². The third-order valence-electron chi connectivity index (χ3n) is 11.4. The standard InChI is InChI=1S/C40H52N11O3P/c1-39(2,25-52)51-19-12-40(13-20-51)10-17-50(18-11-40)32-22-33(54-4)31(21-28(32)26(23-41)24-42-3)47-38-48-36-27(9-14-45-36)37(49-38)46-30-8-7-29-34(44-16-15-43-29)35(30)55(5,6)53/h7-9,14-16,21-24,41-42,52H,10-13,17-20,25H2,1-6H3,(H3,45,46,47,48,49)/b26-24+,41-23?. The van der Waals surface area contributed by atoms with E-state index in [2.05, 4.69) is 54.5 Å². The van der Waals surface area contributed by atoms with Gasteiger partial charge in [-0.1, -0.05) is 0 Å². The maximum Gasteiger partial charge on any atom is 0.231 e. The highest BCUT2D eigenvalue weighted by Gasteiger charge is 2.41. The number of ether oxygens (including phenoxy) is 1. The summed E-state index contributed by atoms with van der Waals surface area (Å²) in [6.07, 6.45) is 12.7. The molecule has 55 heavy (non-hydrogen) atoms. The largest absolute Gasteiger partial charge is 0.494 e. The molecule has 0 atom stereocenters. The van der Waals surface area contributed by atoms with Crippen molar-refractivity contribution in [3.05, 3.63) is 60.7 Å². The monoisotopic (exact) mass is 765 g/mol. The molecule has 0 aliphatic carbocycles. The topological polar surface area (TPSA) is 180 Å². The zero-order valence-electron chi connectivity index (χ0n) is 32.5. The van der Waals surface area contributed by atoms with Crippen molar-refractivity contribution in [3.8, 4) is 5.75 Å². The average molecular weight is 766 g/mol. The summed E-state index contributed by atoms with van der Waals surface area (Å²) in [5.74, 6) is 1.45. The molecule has 2 aliphatic rings. The predicted octanol–water partition coefficient (Wildman–Crippen LogP) is 6.31. The van der Waals surface area contributed by atoms with Crippen molar-refractivity contribution in [2.45, 2.75) is 45.1 Å². The number of H-pyrrole nitrogens is 1. The number of aromatic amines is 1. The van der Waals surface area contributed by atoms with Gasteiger partial charge in [0.1, 0.15) is 29.9 Å². The number of hydrogen-bond donors (Lipinski definition) is 6. The second kappa shape index (κ2) is 15.2. The van der Waals surface area contributed by atoms with E-state index in [1.165, 1.54) is 6.21 Å². The van der Waals surface area contributed by atoms with Crippen LogP contribution in [0.15, 0.2) is 55.1 Å². The minimum absolute atomic E-state index is 0.160. The predicted molar refractivity (Wildman–Crippen MR) is 224 cm³/mol. The summed E-state index contributed by atoms with van der Waals surface area (Å²) < 4.78 is 19.7. The molecule has 2 aliphatic heterocycles. The zero-order chi connectivity index (χ0) is 39.0. The van der Waals surface area contributed by atoms with Gasteiger partial charge < -0.3 is 45.7 Å². The Morgan fingerprint density at radius 3 is 2.44 bits per heavy atom. The van der Waals surface area contributed by atoms with Gasteiger partial charge in [0.05, 0.1) is 41.3 Å². The molecular weight excluding hydrogens is 713 g/mol. The number of benzene rings is 2. The van der Waals surface area contributed by atoms with Crippen LogP contribution in [0.2, 0.25) is 0 Å². The number of nitrogens with one attached hydrogen (secondary N) is 5. The van der Waals surface area contributed by atoms with E-state index in [9.17, 15) is 9.67 Å². The Kier molecular flexibility index (Phi) is 10.6. The van der Waals surface area contributed by atoms with Crippen LogP contribution in [0.4, 0.5) is 28.8 Å². The van der Waals surface area contributed by atoms with Gasteiger partial charge in [-0.25, -0.2) is 0 Å². The van der Waals surface area contributed by atoms with Crippen molar-refractivity contribution in [2.24, 2.45) is 5.41 Å². The van der Waals surface area contributed by atoms with Gasteiger partial charge in [-0.15, -0.1) is 0 Å². The number of fused-ring (bicyclic) bond motifs is 2. The van der Waals surface area contributed by atoms with Crippen LogP contribution in [0.1, 0.15) is 45.1 Å². The van der Waals surface area contributed by atoms with Crippen molar-refractivity contribution in [3.63, 3.8) is 0 Å². The number of allylic oxidation sites excluding steroid dienone is 1. The van der Waals surface area contributed by atoms with E-state index >= 15 is 0 Å². The molecule has 0 radical (unpaired) electrons. The Bertz CT molecular complexity index is 2280. The average Bonchev–Trinajstić information content (AvgIpc) is 3.66. The van der Waals surface area contributed by atoms with Crippen LogP contribution < -0.4 is 30.9 Å². The lowest BCUT2D eigenvalue weighted by molar-refractivity contribution is -0.00419. The van der Waals surface area contributed by atoms with Crippen molar-refractivity contribution >= 4 is 75.1 Å². The first-order valence-electron chi connectivity index (χ1n) is 18.8. The number of aliphatic hydroxyl groups is 1. The summed E-state index contributed by atoms with van der Waals surface area (Å²) in [7, 11) is 0.669. The number of aromatic nitrogens is 5. The number of likely N-dealkylation sites (tertiary alicyclic amines) is 1. The SMILES string of the molecule is CN/C=C(\C=N)c1cc(Nc2nc(Nc3ccc4nccnc4c3P(C)(C)=O)c3cc[nH]c3n2)c(OC)cc1N1CCC2(CC1)CCN(C(C)(C)CO)CC2. The van der Waals surface area contributed by atoms with Gasteiger partial charge in [-0.3, -0.25) is 14.9 Å². The second-order valence-electron chi connectivity index (χ2n) is 15.7. The van der Waals surface area contributed by atoms with E-state index in [4.69, 9.17) is 20.1 Å².